The van der Waals surface area contributed by atoms with Gasteiger partial charge in [-0.25, -0.2) is 0 Å². The Balaban J connectivity index is 1.67. The summed E-state index contributed by atoms with van der Waals surface area (Å²) in [5.74, 6) is -8.83. The highest BCUT2D eigenvalue weighted by Crippen LogP contribution is 2.49. The summed E-state index contributed by atoms with van der Waals surface area (Å²) in [5.41, 5.74) is -1.18. The second kappa shape index (κ2) is 16.7. The summed E-state index contributed by atoms with van der Waals surface area (Å²) in [7, 11) is 1.43. The smallest absolute Gasteiger partial charge is 0.312 e. The fourth-order valence-corrected chi connectivity index (χ4v) is 8.10. The van der Waals surface area contributed by atoms with E-state index in [0.717, 1.165) is 19.3 Å². The van der Waals surface area contributed by atoms with Gasteiger partial charge in [-0.2, -0.15) is 0 Å². The quantitative estimate of drug-likeness (QED) is 0.315. The first kappa shape index (κ1) is 42.4. The van der Waals surface area contributed by atoms with E-state index in [-0.39, 0.29) is 39.4 Å². The van der Waals surface area contributed by atoms with Gasteiger partial charge < -0.3 is 44.5 Å². The average Bonchev–Trinajstić information content (AvgIpc) is 3.43. The molecular formula is C42H54N2O12. The summed E-state index contributed by atoms with van der Waals surface area (Å²) in [6, 6.07) is 0. The molecule has 5 aliphatic rings. The van der Waals surface area contributed by atoms with E-state index in [2.05, 4.69) is 5.32 Å². The number of fused-ring (bicyclic) bond motifs is 14. The van der Waals surface area contributed by atoms with Crippen molar-refractivity contribution in [1.29, 1.82) is 0 Å². The van der Waals surface area contributed by atoms with Gasteiger partial charge in [0.1, 0.15) is 29.0 Å². The number of carbonyl (C=O) groups excluding carboxylic acids is 5. The standard InChI is InChI=1S/C42H54N2O12/c1-20-14-13-15-21(2)41(52)43-31-32(44-17-11-10-12-18-44)37(50)28-29(36(31)49)35(48)25(6)39-30(28)40(51)42(8,56-39)54-19-16-27(53-9)22(3)38(55-26(7)45)24(5)34(47)23(4)33(20)46/h13-16,19-20,22-24,27,33-34,38,46-48H,10-12,17-18H2,1-9H3,(H,43,52). The molecule has 14 nitrogen and oxygen atoms in total. The summed E-state index contributed by atoms with van der Waals surface area (Å²) >= 11 is 0. The van der Waals surface area contributed by atoms with Crippen LogP contribution in [0.4, 0.5) is 0 Å². The molecule has 9 atom stereocenters. The van der Waals surface area contributed by atoms with Gasteiger partial charge in [0.2, 0.25) is 11.6 Å². The lowest BCUT2D eigenvalue weighted by Gasteiger charge is -2.38. The maximum atomic E-state index is 14.7. The minimum absolute atomic E-state index is 0.0223. The molecule has 1 saturated heterocycles. The molecule has 304 valence electrons. The lowest BCUT2D eigenvalue weighted by molar-refractivity contribution is -0.160. The third kappa shape index (κ3) is 7.78. The van der Waals surface area contributed by atoms with Gasteiger partial charge in [-0.1, -0.05) is 45.9 Å². The van der Waals surface area contributed by atoms with Crippen LogP contribution in [-0.2, 0) is 23.8 Å². The molecule has 4 heterocycles. The number of ketones is 3. The van der Waals surface area contributed by atoms with Gasteiger partial charge in [-0.15, -0.1) is 0 Å². The Morgan fingerprint density at radius 2 is 1.57 bits per heavy atom. The van der Waals surface area contributed by atoms with Crippen LogP contribution in [0.15, 0.2) is 47.5 Å². The normalized spacial score (nSPS) is 31.8. The van der Waals surface area contributed by atoms with Crippen molar-refractivity contribution in [1.82, 2.24) is 10.2 Å². The van der Waals surface area contributed by atoms with Crippen LogP contribution < -0.4 is 10.1 Å². The number of hydrogen-bond acceptors (Lipinski definition) is 13. The van der Waals surface area contributed by atoms with Gasteiger partial charge >= 0.3 is 11.8 Å². The Morgan fingerprint density at radius 1 is 0.911 bits per heavy atom. The number of aliphatic hydroxyl groups excluding tert-OH is 2. The van der Waals surface area contributed by atoms with E-state index in [1.165, 1.54) is 53.2 Å². The molecule has 0 aromatic heterocycles. The van der Waals surface area contributed by atoms with Gasteiger partial charge in [-0.3, -0.25) is 24.0 Å². The first-order chi connectivity index (χ1) is 26.4. The molecule has 1 aliphatic carbocycles. The van der Waals surface area contributed by atoms with Gasteiger partial charge in [0.05, 0.1) is 41.3 Å². The largest absolute Gasteiger partial charge is 0.507 e. The molecule has 5 bridgehead atoms. The number of benzene rings is 1. The molecule has 1 aromatic carbocycles. The van der Waals surface area contributed by atoms with E-state index in [9.17, 15) is 39.3 Å². The molecule has 1 amide bonds. The highest BCUT2D eigenvalue weighted by atomic mass is 16.7. The van der Waals surface area contributed by atoms with Crippen LogP contribution in [0.2, 0.25) is 0 Å². The van der Waals surface area contributed by atoms with Gasteiger partial charge in [0.15, 0.2) is 0 Å². The first-order valence-corrected chi connectivity index (χ1v) is 19.1. The number of amides is 1. The van der Waals surface area contributed by atoms with Crippen molar-refractivity contribution < 1.29 is 58.2 Å². The zero-order valence-electron chi connectivity index (χ0n) is 33.5. The monoisotopic (exact) mass is 778 g/mol. The molecule has 6 rings (SSSR count). The Hall–Kier alpha value is -4.79. The molecule has 56 heavy (non-hydrogen) atoms. The molecule has 4 aliphatic heterocycles. The fourth-order valence-electron chi connectivity index (χ4n) is 8.10. The molecule has 1 fully saturated rings. The lowest BCUT2D eigenvalue weighted by atomic mass is 9.78. The predicted octanol–water partition coefficient (Wildman–Crippen LogP) is 4.44. The Bertz CT molecular complexity index is 1910. The molecule has 14 heteroatoms. The van der Waals surface area contributed by atoms with Gasteiger partial charge in [0, 0.05) is 68.9 Å². The molecular weight excluding hydrogens is 724 g/mol. The summed E-state index contributed by atoms with van der Waals surface area (Å²) in [6.07, 6.45) is 5.90. The number of likely N-dealkylation sites (tertiary alicyclic amines) is 1. The fraction of sp³-hybridized carbons (Fsp3) is 0.548. The van der Waals surface area contributed by atoms with Crippen LogP contribution in [-0.4, -0.2) is 99.8 Å². The molecule has 9 unspecified atom stereocenters. The van der Waals surface area contributed by atoms with Crippen molar-refractivity contribution in [3.8, 4) is 11.5 Å². The van der Waals surface area contributed by atoms with Crippen LogP contribution in [0, 0.1) is 30.6 Å². The van der Waals surface area contributed by atoms with Crippen molar-refractivity contribution in [2.45, 2.75) is 105 Å². The lowest BCUT2D eigenvalue weighted by Crippen LogP contribution is -2.46. The summed E-state index contributed by atoms with van der Waals surface area (Å²) < 4.78 is 23.5. The highest BCUT2D eigenvalue weighted by Gasteiger charge is 2.53. The molecule has 4 N–H and O–H groups in total. The highest BCUT2D eigenvalue weighted by molar-refractivity contribution is 6.32. The number of aromatic hydroxyl groups is 1. The second-order valence-electron chi connectivity index (χ2n) is 15.6. The second-order valence-corrected chi connectivity index (χ2v) is 15.6. The van der Waals surface area contributed by atoms with E-state index < -0.39 is 94.4 Å². The summed E-state index contributed by atoms with van der Waals surface area (Å²) in [5, 5.41) is 36.9. The number of carbonyl (C=O) groups is 5. The van der Waals surface area contributed by atoms with Crippen LogP contribution >= 0.6 is 0 Å². The number of phenols is 1. The van der Waals surface area contributed by atoms with Gasteiger partial charge in [-0.05, 0) is 39.2 Å². The van der Waals surface area contributed by atoms with Crippen molar-refractivity contribution in [2.75, 3.05) is 20.2 Å². The number of esters is 1. The maximum Gasteiger partial charge on any atom is 0.312 e. The van der Waals surface area contributed by atoms with Crippen LogP contribution in [0.1, 0.15) is 104 Å². The maximum absolute atomic E-state index is 14.7. The summed E-state index contributed by atoms with van der Waals surface area (Å²) in [4.78, 5) is 71.2. The van der Waals surface area contributed by atoms with Crippen molar-refractivity contribution in [3.05, 3.63) is 69.8 Å². The topological polar surface area (TPSA) is 198 Å². The number of phenolic OH excluding ortho intramolecular Hbond substituents is 1. The Morgan fingerprint density at radius 3 is 2.20 bits per heavy atom. The Kier molecular flexibility index (Phi) is 12.7. The number of nitrogens with zero attached hydrogens (tertiary/aromatic N) is 1. The molecule has 1 aromatic rings. The minimum atomic E-state index is -2.05. The van der Waals surface area contributed by atoms with Crippen LogP contribution in [0.3, 0.4) is 0 Å². The van der Waals surface area contributed by atoms with E-state index >= 15 is 0 Å². The number of Topliss-reactive ketones (excluding diaryl/α,β-unsaturated/α-hetero) is 3. The van der Waals surface area contributed by atoms with Crippen molar-refractivity contribution in [2.24, 2.45) is 23.7 Å². The Labute approximate surface area is 327 Å². The van der Waals surface area contributed by atoms with E-state index in [1.54, 1.807) is 44.7 Å². The van der Waals surface area contributed by atoms with Crippen LogP contribution in [0.25, 0.3) is 0 Å². The number of allylic oxidation sites excluding steroid dienone is 4. The van der Waals surface area contributed by atoms with Crippen LogP contribution in [0.5, 0.6) is 11.5 Å². The number of ether oxygens (including phenoxy) is 4. The number of nitrogens with one attached hydrogen (secondary N) is 1. The third-order valence-corrected chi connectivity index (χ3v) is 11.6. The molecule has 0 spiro atoms. The average molecular weight is 779 g/mol. The number of aliphatic hydroxyl groups is 2. The zero-order valence-corrected chi connectivity index (χ0v) is 33.5. The number of hydrogen-bond donors (Lipinski definition) is 4. The number of piperidine rings is 1. The molecule has 0 radical (unpaired) electrons. The van der Waals surface area contributed by atoms with Crippen molar-refractivity contribution in [3.63, 3.8) is 0 Å². The summed E-state index contributed by atoms with van der Waals surface area (Å²) in [6.45, 7) is 13.3. The minimum Gasteiger partial charge on any atom is -0.507 e. The first-order valence-electron chi connectivity index (χ1n) is 19.1. The van der Waals surface area contributed by atoms with E-state index in [1.807, 2.05) is 0 Å². The predicted molar refractivity (Wildman–Crippen MR) is 204 cm³/mol. The third-order valence-electron chi connectivity index (χ3n) is 11.6. The SMILES string of the molecule is COC1C=COC2(C)Oc3c(C)c(O)c4c(c3C2=O)C(=O)C(N2CCCCC2)=C(NC(=O)C(C)=CC=CC(C)C(O)C(C)C(O)C(C)C(OC(C)=O)C1C)C4=O. The van der Waals surface area contributed by atoms with Crippen molar-refractivity contribution >= 4 is 29.2 Å². The van der Waals surface area contributed by atoms with E-state index in [4.69, 9.17) is 18.9 Å². The number of rotatable bonds is 3. The zero-order chi connectivity index (χ0) is 41.4. The molecule has 0 saturated carbocycles. The van der Waals surface area contributed by atoms with E-state index in [0.29, 0.717) is 13.1 Å². The number of methoxy groups -OCH3 is 1. The van der Waals surface area contributed by atoms with Gasteiger partial charge in [0.25, 0.3) is 11.7 Å².